The van der Waals surface area contributed by atoms with Gasteiger partial charge in [-0.1, -0.05) is 78.9 Å². The lowest BCUT2D eigenvalue weighted by atomic mass is 9.98. The van der Waals surface area contributed by atoms with Crippen molar-refractivity contribution in [3.63, 3.8) is 0 Å². The number of benzene rings is 6. The van der Waals surface area contributed by atoms with E-state index < -0.39 is 0 Å². The minimum Gasteiger partial charge on any atom is -0.309 e. The van der Waals surface area contributed by atoms with Crippen LogP contribution in [0.2, 0.25) is 0 Å². The largest absolute Gasteiger partial charge is 0.309 e. The highest BCUT2D eigenvalue weighted by molar-refractivity contribution is 7.19. The predicted molar refractivity (Wildman–Crippen MR) is 209 cm³/mol. The van der Waals surface area contributed by atoms with E-state index in [0.29, 0.717) is 0 Å². The van der Waals surface area contributed by atoms with Gasteiger partial charge in [-0.3, -0.25) is 4.98 Å². The molecule has 49 heavy (non-hydrogen) atoms. The second-order valence-electron chi connectivity index (χ2n) is 13.1. The molecule has 0 fully saturated rings. The van der Waals surface area contributed by atoms with E-state index in [0.717, 1.165) is 35.1 Å². The molecule has 11 rings (SSSR count). The Hall–Kier alpha value is -5.97. The van der Waals surface area contributed by atoms with Crippen molar-refractivity contribution in [1.82, 2.24) is 14.1 Å². The number of aromatic nitrogens is 3. The number of rotatable bonds is 3. The maximum Gasteiger partial charge on any atom is 0.0704 e. The highest BCUT2D eigenvalue weighted by Crippen LogP contribution is 2.40. The molecule has 1 aliphatic carbocycles. The van der Waals surface area contributed by atoms with Gasteiger partial charge in [-0.2, -0.15) is 0 Å². The van der Waals surface area contributed by atoms with E-state index in [1.807, 2.05) is 17.5 Å². The van der Waals surface area contributed by atoms with Crippen LogP contribution in [0.4, 0.5) is 0 Å². The topological polar surface area (TPSA) is 22.8 Å². The third-order valence-corrected chi connectivity index (χ3v) is 11.6. The Morgan fingerprint density at radius 3 is 1.96 bits per heavy atom. The average molecular weight is 644 g/mol. The van der Waals surface area contributed by atoms with Gasteiger partial charge in [0.05, 0.1) is 39.5 Å². The quantitative estimate of drug-likeness (QED) is 0.188. The van der Waals surface area contributed by atoms with Gasteiger partial charge in [0.1, 0.15) is 0 Å². The van der Waals surface area contributed by atoms with Crippen LogP contribution in [0.15, 0.2) is 146 Å². The number of pyridine rings is 1. The van der Waals surface area contributed by atoms with Gasteiger partial charge in [0.2, 0.25) is 0 Å². The van der Waals surface area contributed by atoms with Crippen LogP contribution < -0.4 is 0 Å². The predicted octanol–water partition coefficient (Wildman–Crippen LogP) is 12.3. The molecule has 0 bridgehead atoms. The molecule has 0 saturated carbocycles. The van der Waals surface area contributed by atoms with Crippen LogP contribution in [-0.4, -0.2) is 14.1 Å². The Kier molecular flexibility index (Phi) is 5.66. The second-order valence-corrected chi connectivity index (χ2v) is 14.3. The molecule has 0 atom stereocenters. The summed E-state index contributed by atoms with van der Waals surface area (Å²) < 4.78 is 6.14. The molecule has 230 valence electrons. The zero-order valence-electron chi connectivity index (χ0n) is 26.6. The van der Waals surface area contributed by atoms with E-state index in [4.69, 9.17) is 4.98 Å². The molecule has 0 aliphatic heterocycles. The second kappa shape index (κ2) is 10.3. The van der Waals surface area contributed by atoms with Crippen LogP contribution in [0.3, 0.4) is 0 Å². The van der Waals surface area contributed by atoms with E-state index in [1.54, 1.807) is 0 Å². The SMILES string of the molecule is C1=Cc2c(sc3ccc(-c4ccc5ncc(-n6c7ccccc7c7cc(-n8c9ccccc9c9ccccc98)ccc76)cc5c4)cc23)CC1. The average Bonchev–Trinajstić information content (AvgIpc) is 3.81. The first-order valence-electron chi connectivity index (χ1n) is 16.9. The number of thiophene rings is 1. The summed E-state index contributed by atoms with van der Waals surface area (Å²) in [7, 11) is 0. The van der Waals surface area contributed by atoms with Crippen molar-refractivity contribution in [1.29, 1.82) is 0 Å². The number of hydrogen-bond donors (Lipinski definition) is 0. The Balaban J connectivity index is 1.08. The zero-order chi connectivity index (χ0) is 32.1. The Morgan fingerprint density at radius 1 is 0.531 bits per heavy atom. The van der Waals surface area contributed by atoms with Gasteiger partial charge >= 0.3 is 0 Å². The summed E-state index contributed by atoms with van der Waals surface area (Å²) >= 11 is 1.94. The zero-order valence-corrected chi connectivity index (χ0v) is 27.4. The monoisotopic (exact) mass is 643 g/mol. The molecule has 0 radical (unpaired) electrons. The fraction of sp³-hybridized carbons (Fsp3) is 0.0444. The van der Waals surface area contributed by atoms with Crippen LogP contribution in [-0.2, 0) is 6.42 Å². The number of aryl methyl sites for hydroxylation is 1. The number of hydrogen-bond acceptors (Lipinski definition) is 2. The molecule has 0 spiro atoms. The van der Waals surface area contributed by atoms with Gasteiger partial charge < -0.3 is 9.13 Å². The van der Waals surface area contributed by atoms with Crippen LogP contribution >= 0.6 is 11.3 Å². The molecular formula is C45H29N3S. The number of para-hydroxylation sites is 3. The Labute approximate surface area is 286 Å². The first-order valence-corrected chi connectivity index (χ1v) is 17.7. The van der Waals surface area contributed by atoms with E-state index >= 15 is 0 Å². The molecule has 0 amide bonds. The smallest absolute Gasteiger partial charge is 0.0704 e. The van der Waals surface area contributed by atoms with E-state index in [1.165, 1.54) is 75.3 Å². The molecule has 6 aromatic carbocycles. The summed E-state index contributed by atoms with van der Waals surface area (Å²) in [6.07, 6.45) is 8.93. The van der Waals surface area contributed by atoms with Crippen LogP contribution in [0.5, 0.6) is 0 Å². The fourth-order valence-corrected chi connectivity index (χ4v) is 9.32. The summed E-state index contributed by atoms with van der Waals surface area (Å²) in [4.78, 5) is 6.49. The summed E-state index contributed by atoms with van der Waals surface area (Å²) in [6, 6.07) is 49.0. The van der Waals surface area contributed by atoms with Gasteiger partial charge in [-0.15, -0.1) is 11.3 Å². The lowest BCUT2D eigenvalue weighted by Crippen LogP contribution is -1.96. The van der Waals surface area contributed by atoms with Gasteiger partial charge in [0.25, 0.3) is 0 Å². The van der Waals surface area contributed by atoms with Crippen molar-refractivity contribution in [2.24, 2.45) is 0 Å². The third kappa shape index (κ3) is 3.98. The maximum absolute atomic E-state index is 4.98. The normalized spacial score (nSPS) is 13.1. The first-order chi connectivity index (χ1) is 24.3. The summed E-state index contributed by atoms with van der Waals surface area (Å²) in [5.74, 6) is 0. The van der Waals surface area contributed by atoms with Gasteiger partial charge in [0, 0.05) is 47.6 Å². The molecule has 4 aromatic heterocycles. The van der Waals surface area contributed by atoms with Gasteiger partial charge in [-0.25, -0.2) is 0 Å². The molecular weight excluding hydrogens is 615 g/mol. The number of nitrogens with zero attached hydrogens (tertiary/aromatic N) is 3. The van der Waals surface area contributed by atoms with Gasteiger partial charge in [0.15, 0.2) is 0 Å². The maximum atomic E-state index is 4.98. The van der Waals surface area contributed by atoms with Crippen molar-refractivity contribution >= 4 is 82.0 Å². The van der Waals surface area contributed by atoms with Crippen molar-refractivity contribution in [3.05, 3.63) is 156 Å². The molecule has 10 aromatic rings. The van der Waals surface area contributed by atoms with Gasteiger partial charge in [-0.05, 0) is 96.3 Å². The molecule has 0 unspecified atom stereocenters. The number of fused-ring (bicyclic) bond motifs is 10. The Morgan fingerprint density at radius 2 is 1.18 bits per heavy atom. The minimum absolute atomic E-state index is 0.999. The minimum atomic E-state index is 0.999. The summed E-state index contributed by atoms with van der Waals surface area (Å²) in [5.41, 5.74) is 11.9. The first kappa shape index (κ1) is 27.0. The molecule has 4 heteroatoms. The van der Waals surface area contributed by atoms with Crippen molar-refractivity contribution in [2.75, 3.05) is 0 Å². The molecule has 0 saturated heterocycles. The highest BCUT2D eigenvalue weighted by atomic mass is 32.1. The van der Waals surface area contributed by atoms with E-state index in [9.17, 15) is 0 Å². The van der Waals surface area contributed by atoms with Crippen LogP contribution in [0.25, 0.3) is 93.2 Å². The van der Waals surface area contributed by atoms with Crippen LogP contribution in [0, 0.1) is 0 Å². The van der Waals surface area contributed by atoms with Crippen molar-refractivity contribution in [3.8, 4) is 22.5 Å². The highest BCUT2D eigenvalue weighted by Gasteiger charge is 2.17. The standard InChI is InChI=1S/C45H29N3S/c1-5-13-40-33(9-1)34-10-2-6-14-41(34)47(40)31-19-21-43-37(26-31)35-11-3-7-15-42(35)48(43)32-24-30-23-28(17-20-39(30)46-27-32)29-18-22-45-38(25-29)36-12-4-8-16-44(36)49-45/h1-7,9-15,17-27H,8,16H2. The molecule has 0 N–H and O–H groups in total. The van der Waals surface area contributed by atoms with Crippen molar-refractivity contribution in [2.45, 2.75) is 12.8 Å². The summed E-state index contributed by atoms with van der Waals surface area (Å²) in [6.45, 7) is 0. The van der Waals surface area contributed by atoms with Crippen LogP contribution in [0.1, 0.15) is 16.9 Å². The molecule has 3 nitrogen and oxygen atoms in total. The lowest BCUT2D eigenvalue weighted by Gasteiger charge is -2.11. The Bertz CT molecular complexity index is 2950. The molecule has 4 heterocycles. The third-order valence-electron chi connectivity index (χ3n) is 10.4. The number of allylic oxidation sites excluding steroid dienone is 1. The lowest BCUT2D eigenvalue weighted by molar-refractivity contribution is 1.02. The summed E-state index contributed by atoms with van der Waals surface area (Å²) in [5, 5.41) is 7.50. The molecule has 1 aliphatic rings. The van der Waals surface area contributed by atoms with E-state index in [-0.39, 0.29) is 0 Å². The van der Waals surface area contributed by atoms with E-state index in [2.05, 4.69) is 155 Å². The fourth-order valence-electron chi connectivity index (χ4n) is 8.13. The van der Waals surface area contributed by atoms with Crippen molar-refractivity contribution < 1.29 is 0 Å².